The lowest BCUT2D eigenvalue weighted by Crippen LogP contribution is -1.84. The molecule has 0 unspecified atom stereocenters. The van der Waals surface area contributed by atoms with Crippen molar-refractivity contribution in [3.8, 4) is 5.75 Å². The van der Waals surface area contributed by atoms with Gasteiger partial charge in [-0.3, -0.25) is 4.99 Å². The number of nitrogens with zero attached hydrogens (tertiary/aromatic N) is 3. The number of aromatic nitrogens is 3. The van der Waals surface area contributed by atoms with Crippen LogP contribution in [-0.4, -0.2) is 26.7 Å². The Bertz CT molecular complexity index is 815. The summed E-state index contributed by atoms with van der Waals surface area (Å²) in [5.74, 6) is 0.0978. The molecule has 0 bridgehead atoms. The summed E-state index contributed by atoms with van der Waals surface area (Å²) < 4.78 is 0.526. The molecule has 5 nitrogen and oxygen atoms in total. The van der Waals surface area contributed by atoms with Crippen molar-refractivity contribution >= 4 is 50.5 Å². The number of fused-ring (bicyclic) bond motifs is 1. The Morgan fingerprint density at radius 3 is 2.85 bits per heavy atom. The summed E-state index contributed by atoms with van der Waals surface area (Å²) in [5, 5.41) is 20.9. The van der Waals surface area contributed by atoms with Crippen molar-refractivity contribution < 1.29 is 5.11 Å². The molecule has 1 aromatic heterocycles. The van der Waals surface area contributed by atoms with E-state index in [2.05, 4.69) is 36.3 Å². The van der Waals surface area contributed by atoms with Gasteiger partial charge in [-0.05, 0) is 46.3 Å². The average molecular weight is 352 g/mol. The zero-order chi connectivity index (χ0) is 14.1. The summed E-state index contributed by atoms with van der Waals surface area (Å²) in [4.78, 5) is 4.30. The number of halogens is 2. The van der Waals surface area contributed by atoms with Gasteiger partial charge in [0, 0.05) is 16.8 Å². The number of hydrogen-bond donors (Lipinski definition) is 2. The summed E-state index contributed by atoms with van der Waals surface area (Å²) in [6, 6.07) is 8.69. The predicted octanol–water partition coefficient (Wildman–Crippen LogP) is 3.83. The van der Waals surface area contributed by atoms with E-state index in [1.807, 2.05) is 12.1 Å². The summed E-state index contributed by atoms with van der Waals surface area (Å²) >= 11 is 9.17. The van der Waals surface area contributed by atoms with Crippen LogP contribution in [0.1, 0.15) is 5.56 Å². The number of aromatic hydroxyl groups is 1. The highest BCUT2D eigenvalue weighted by Gasteiger charge is 2.05. The van der Waals surface area contributed by atoms with E-state index in [0.717, 1.165) is 11.0 Å². The molecule has 0 saturated heterocycles. The number of nitrogens with one attached hydrogen (secondary N) is 1. The summed E-state index contributed by atoms with van der Waals surface area (Å²) in [6.45, 7) is 0. The van der Waals surface area contributed by atoms with Gasteiger partial charge >= 0.3 is 0 Å². The quantitative estimate of drug-likeness (QED) is 0.689. The van der Waals surface area contributed by atoms with Crippen LogP contribution < -0.4 is 0 Å². The molecule has 0 amide bonds. The lowest BCUT2D eigenvalue weighted by Gasteiger charge is -2.02. The number of aliphatic imine (C=N–C) groups is 1. The Morgan fingerprint density at radius 2 is 2.00 bits per heavy atom. The molecule has 2 aromatic carbocycles. The second-order valence-corrected chi connectivity index (χ2v) is 5.37. The fourth-order valence-electron chi connectivity index (χ4n) is 1.74. The Hall–Kier alpha value is -1.92. The van der Waals surface area contributed by atoms with Crippen LogP contribution >= 0.6 is 27.5 Å². The number of H-pyrrole nitrogens is 1. The van der Waals surface area contributed by atoms with Gasteiger partial charge in [0.2, 0.25) is 0 Å². The molecular weight excluding hydrogens is 344 g/mol. The van der Waals surface area contributed by atoms with Crippen molar-refractivity contribution in [2.24, 2.45) is 4.99 Å². The van der Waals surface area contributed by atoms with Gasteiger partial charge in [-0.25, -0.2) is 0 Å². The van der Waals surface area contributed by atoms with Crippen molar-refractivity contribution in [3.05, 3.63) is 45.4 Å². The van der Waals surface area contributed by atoms with Crippen LogP contribution in [-0.2, 0) is 0 Å². The topological polar surface area (TPSA) is 74.2 Å². The van der Waals surface area contributed by atoms with E-state index in [4.69, 9.17) is 11.6 Å². The normalized spacial score (nSPS) is 11.5. The Balaban J connectivity index is 1.97. The fourth-order valence-corrected chi connectivity index (χ4v) is 2.57. The zero-order valence-electron chi connectivity index (χ0n) is 10.0. The lowest BCUT2D eigenvalue weighted by atomic mass is 10.2. The number of hydrogen-bond acceptors (Lipinski definition) is 4. The number of rotatable bonds is 2. The third kappa shape index (κ3) is 2.52. The fraction of sp³-hybridized carbons (Fsp3) is 0. The standard InChI is InChI=1S/C13H8BrClN4O/c14-10-4-8(15)3-7(13(10)20)6-16-9-1-2-11-12(5-9)18-19-17-11/h1-6,20H,(H,17,18,19). The molecule has 0 fully saturated rings. The van der Waals surface area contributed by atoms with Gasteiger partial charge in [0.1, 0.15) is 16.8 Å². The molecule has 0 radical (unpaired) electrons. The third-order valence-corrected chi connectivity index (χ3v) is 3.53. The van der Waals surface area contributed by atoms with Crippen LogP contribution in [0.15, 0.2) is 39.8 Å². The smallest absolute Gasteiger partial charge is 0.138 e. The van der Waals surface area contributed by atoms with Crippen molar-refractivity contribution in [2.45, 2.75) is 0 Å². The predicted molar refractivity (Wildman–Crippen MR) is 82.0 cm³/mol. The SMILES string of the molecule is Oc1c(Br)cc(Cl)cc1C=Nc1ccc2n[nH]nc2c1. The molecule has 0 saturated carbocycles. The summed E-state index contributed by atoms with van der Waals surface area (Å²) in [6.07, 6.45) is 1.55. The van der Waals surface area contributed by atoms with E-state index >= 15 is 0 Å². The van der Waals surface area contributed by atoms with Gasteiger partial charge in [0.05, 0.1) is 10.2 Å². The molecule has 0 aliphatic carbocycles. The lowest BCUT2D eigenvalue weighted by molar-refractivity contribution is 0.471. The molecule has 3 rings (SSSR count). The van der Waals surface area contributed by atoms with Gasteiger partial charge in [-0.1, -0.05) is 11.6 Å². The second-order valence-electron chi connectivity index (χ2n) is 4.08. The van der Waals surface area contributed by atoms with Crippen LogP contribution in [0.2, 0.25) is 5.02 Å². The summed E-state index contributed by atoms with van der Waals surface area (Å²) in [7, 11) is 0. The van der Waals surface area contributed by atoms with Crippen molar-refractivity contribution in [1.29, 1.82) is 0 Å². The molecular formula is C13H8BrClN4O. The van der Waals surface area contributed by atoms with Crippen molar-refractivity contribution in [2.75, 3.05) is 0 Å². The van der Waals surface area contributed by atoms with E-state index in [9.17, 15) is 5.11 Å². The average Bonchev–Trinajstić information content (AvgIpc) is 2.88. The van der Waals surface area contributed by atoms with E-state index in [1.54, 1.807) is 24.4 Å². The maximum atomic E-state index is 9.91. The van der Waals surface area contributed by atoms with Gasteiger partial charge in [-0.2, -0.15) is 15.4 Å². The molecule has 7 heteroatoms. The number of phenolic OH excluding ortho intramolecular Hbond substituents is 1. The van der Waals surface area contributed by atoms with Crippen LogP contribution in [0, 0.1) is 0 Å². The van der Waals surface area contributed by atoms with Crippen LogP contribution in [0.4, 0.5) is 5.69 Å². The van der Waals surface area contributed by atoms with Gasteiger partial charge < -0.3 is 5.11 Å². The molecule has 0 aliphatic heterocycles. The van der Waals surface area contributed by atoms with E-state index in [0.29, 0.717) is 20.7 Å². The first-order valence-electron chi connectivity index (χ1n) is 5.66. The molecule has 0 aliphatic rings. The van der Waals surface area contributed by atoms with Gasteiger partial charge in [0.15, 0.2) is 0 Å². The monoisotopic (exact) mass is 350 g/mol. The van der Waals surface area contributed by atoms with Gasteiger partial charge in [0.25, 0.3) is 0 Å². The van der Waals surface area contributed by atoms with Crippen molar-refractivity contribution in [3.63, 3.8) is 0 Å². The molecule has 3 aromatic rings. The molecule has 0 spiro atoms. The minimum Gasteiger partial charge on any atom is -0.506 e. The van der Waals surface area contributed by atoms with Crippen LogP contribution in [0.3, 0.4) is 0 Å². The minimum absolute atomic E-state index is 0.0978. The zero-order valence-corrected chi connectivity index (χ0v) is 12.4. The summed E-state index contributed by atoms with van der Waals surface area (Å²) in [5.41, 5.74) is 2.75. The van der Waals surface area contributed by atoms with Crippen LogP contribution in [0.25, 0.3) is 11.0 Å². The highest BCUT2D eigenvalue weighted by atomic mass is 79.9. The molecule has 0 atom stereocenters. The van der Waals surface area contributed by atoms with Crippen LogP contribution in [0.5, 0.6) is 5.75 Å². The number of benzene rings is 2. The minimum atomic E-state index is 0.0978. The Morgan fingerprint density at radius 1 is 1.20 bits per heavy atom. The molecule has 2 N–H and O–H groups in total. The van der Waals surface area contributed by atoms with Gasteiger partial charge in [-0.15, -0.1) is 0 Å². The molecule has 100 valence electrons. The first kappa shape index (κ1) is 13.1. The van der Waals surface area contributed by atoms with Crippen molar-refractivity contribution in [1.82, 2.24) is 15.4 Å². The number of aromatic amines is 1. The first-order valence-corrected chi connectivity index (χ1v) is 6.83. The molecule has 1 heterocycles. The number of phenols is 1. The maximum absolute atomic E-state index is 9.91. The Kier molecular flexibility index (Phi) is 3.42. The second kappa shape index (κ2) is 5.22. The van der Waals surface area contributed by atoms with E-state index in [1.165, 1.54) is 0 Å². The highest BCUT2D eigenvalue weighted by Crippen LogP contribution is 2.30. The van der Waals surface area contributed by atoms with E-state index < -0.39 is 0 Å². The Labute approximate surface area is 127 Å². The molecule has 20 heavy (non-hydrogen) atoms. The largest absolute Gasteiger partial charge is 0.506 e. The maximum Gasteiger partial charge on any atom is 0.138 e. The highest BCUT2D eigenvalue weighted by molar-refractivity contribution is 9.10. The first-order chi connectivity index (χ1) is 9.63. The third-order valence-electron chi connectivity index (χ3n) is 2.71. The van der Waals surface area contributed by atoms with E-state index in [-0.39, 0.29) is 5.75 Å².